The first-order valence-corrected chi connectivity index (χ1v) is 11.1. The number of amides is 1. The summed E-state index contributed by atoms with van der Waals surface area (Å²) in [6.45, 7) is 3.30. The summed E-state index contributed by atoms with van der Waals surface area (Å²) < 4.78 is 8.71. The lowest BCUT2D eigenvalue weighted by molar-refractivity contribution is 0.0856. The molecular formula is C25H25N5O3. The average Bonchev–Trinajstić information content (AvgIpc) is 3.34. The first kappa shape index (κ1) is 21.1. The summed E-state index contributed by atoms with van der Waals surface area (Å²) in [7, 11) is 0. The van der Waals surface area contributed by atoms with Crippen LogP contribution in [0.15, 0.2) is 59.5 Å². The minimum atomic E-state index is -0.395. The zero-order chi connectivity index (χ0) is 22.9. The zero-order valence-corrected chi connectivity index (χ0v) is 18.4. The minimum absolute atomic E-state index is 0.0135. The van der Waals surface area contributed by atoms with Crippen molar-refractivity contribution < 1.29 is 9.53 Å². The van der Waals surface area contributed by atoms with Gasteiger partial charge in [-0.2, -0.15) is 0 Å². The molecule has 1 amide bonds. The second-order valence-corrected chi connectivity index (χ2v) is 8.41. The molecule has 0 spiro atoms. The Balaban J connectivity index is 1.68. The van der Waals surface area contributed by atoms with Gasteiger partial charge in [-0.1, -0.05) is 36.4 Å². The molecule has 3 aromatic heterocycles. The van der Waals surface area contributed by atoms with Crippen LogP contribution in [0.5, 0.6) is 0 Å². The van der Waals surface area contributed by atoms with Crippen molar-refractivity contribution in [1.29, 1.82) is 5.41 Å². The van der Waals surface area contributed by atoms with Gasteiger partial charge in [-0.25, -0.2) is 4.98 Å². The topological polar surface area (TPSA) is 101 Å². The summed E-state index contributed by atoms with van der Waals surface area (Å²) in [6, 6.07) is 14.8. The molecular weight excluding hydrogens is 418 g/mol. The Bertz CT molecular complexity index is 1470. The van der Waals surface area contributed by atoms with Gasteiger partial charge in [-0.15, -0.1) is 0 Å². The normalized spacial score (nSPS) is 15.8. The van der Waals surface area contributed by atoms with Crippen molar-refractivity contribution in [3.8, 4) is 0 Å². The molecule has 1 aromatic carbocycles. The van der Waals surface area contributed by atoms with Crippen molar-refractivity contribution in [2.75, 3.05) is 13.2 Å². The Morgan fingerprint density at radius 2 is 2.06 bits per heavy atom. The Labute approximate surface area is 190 Å². The molecule has 1 aliphatic rings. The van der Waals surface area contributed by atoms with Gasteiger partial charge in [0.2, 0.25) is 0 Å². The van der Waals surface area contributed by atoms with Gasteiger partial charge in [0.05, 0.1) is 23.6 Å². The van der Waals surface area contributed by atoms with Crippen LogP contribution in [-0.2, 0) is 11.3 Å². The van der Waals surface area contributed by atoms with E-state index in [2.05, 4.69) is 5.32 Å². The van der Waals surface area contributed by atoms with Crippen molar-refractivity contribution >= 4 is 22.6 Å². The number of carbonyl (C=O) groups excluding carboxylic acids is 1. The molecule has 0 saturated carbocycles. The number of fused-ring (bicyclic) bond motifs is 2. The summed E-state index contributed by atoms with van der Waals surface area (Å²) >= 11 is 0. The van der Waals surface area contributed by atoms with Crippen LogP contribution in [-0.4, -0.2) is 39.1 Å². The number of benzene rings is 1. The highest BCUT2D eigenvalue weighted by Gasteiger charge is 2.20. The van der Waals surface area contributed by atoms with Crippen LogP contribution < -0.4 is 16.4 Å². The maximum Gasteiger partial charge on any atom is 0.267 e. The van der Waals surface area contributed by atoms with Crippen LogP contribution >= 0.6 is 0 Å². The number of hydrogen-bond donors (Lipinski definition) is 2. The van der Waals surface area contributed by atoms with Gasteiger partial charge in [0.25, 0.3) is 11.5 Å². The van der Waals surface area contributed by atoms with E-state index >= 15 is 0 Å². The number of hydrogen-bond acceptors (Lipinski definition) is 5. The van der Waals surface area contributed by atoms with Gasteiger partial charge < -0.3 is 14.6 Å². The second kappa shape index (κ2) is 8.63. The number of nitrogens with zero attached hydrogens (tertiary/aromatic N) is 3. The predicted octanol–water partition coefficient (Wildman–Crippen LogP) is 2.39. The quantitative estimate of drug-likeness (QED) is 0.463. The van der Waals surface area contributed by atoms with E-state index in [0.29, 0.717) is 36.4 Å². The largest absolute Gasteiger partial charge is 0.376 e. The molecule has 33 heavy (non-hydrogen) atoms. The van der Waals surface area contributed by atoms with Crippen LogP contribution in [0.4, 0.5) is 0 Å². The van der Waals surface area contributed by atoms with Crippen molar-refractivity contribution in [2.24, 2.45) is 0 Å². The molecule has 0 unspecified atom stereocenters. The number of aromatic nitrogens is 3. The number of carbonyl (C=O) groups is 1. The number of rotatable bonds is 5. The van der Waals surface area contributed by atoms with E-state index in [1.807, 2.05) is 43.3 Å². The van der Waals surface area contributed by atoms with Gasteiger partial charge in [-0.3, -0.25) is 19.4 Å². The predicted molar refractivity (Wildman–Crippen MR) is 124 cm³/mol. The highest BCUT2D eigenvalue weighted by atomic mass is 16.5. The van der Waals surface area contributed by atoms with Crippen LogP contribution in [0, 0.1) is 12.3 Å². The molecule has 0 bridgehead atoms. The molecule has 168 valence electrons. The summed E-state index contributed by atoms with van der Waals surface area (Å²) in [5.74, 6) is -0.395. The van der Waals surface area contributed by atoms with Gasteiger partial charge in [-0.05, 0) is 43.0 Å². The molecule has 1 fully saturated rings. The maximum absolute atomic E-state index is 13.4. The average molecular weight is 444 g/mol. The second-order valence-electron chi connectivity index (χ2n) is 8.41. The summed E-state index contributed by atoms with van der Waals surface area (Å²) in [6.07, 6.45) is 3.60. The van der Waals surface area contributed by atoms with E-state index in [0.717, 1.165) is 24.0 Å². The number of aryl methyl sites for hydroxylation is 1. The Kier molecular flexibility index (Phi) is 5.51. The Morgan fingerprint density at radius 3 is 2.82 bits per heavy atom. The van der Waals surface area contributed by atoms with E-state index in [1.165, 1.54) is 10.5 Å². The molecule has 4 heterocycles. The van der Waals surface area contributed by atoms with Crippen molar-refractivity contribution in [3.05, 3.63) is 87.3 Å². The molecule has 8 nitrogen and oxygen atoms in total. The molecule has 1 aliphatic heterocycles. The van der Waals surface area contributed by atoms with Crippen LogP contribution in [0.25, 0.3) is 16.7 Å². The molecule has 2 N–H and O–H groups in total. The number of ether oxygens (including phenoxy) is 1. The Hall–Kier alpha value is -3.78. The van der Waals surface area contributed by atoms with Gasteiger partial charge in [0.1, 0.15) is 16.8 Å². The lowest BCUT2D eigenvalue weighted by Gasteiger charge is -2.16. The van der Waals surface area contributed by atoms with E-state index < -0.39 is 5.91 Å². The van der Waals surface area contributed by atoms with Gasteiger partial charge in [0, 0.05) is 19.3 Å². The summed E-state index contributed by atoms with van der Waals surface area (Å²) in [5.41, 5.74) is 2.63. The van der Waals surface area contributed by atoms with Crippen molar-refractivity contribution in [1.82, 2.24) is 19.3 Å². The number of pyridine rings is 2. The van der Waals surface area contributed by atoms with E-state index in [-0.39, 0.29) is 22.7 Å². The third-order valence-electron chi connectivity index (χ3n) is 6.00. The monoisotopic (exact) mass is 443 g/mol. The first-order valence-electron chi connectivity index (χ1n) is 11.1. The molecule has 0 radical (unpaired) electrons. The third kappa shape index (κ3) is 4.05. The van der Waals surface area contributed by atoms with E-state index in [4.69, 9.17) is 15.1 Å². The summed E-state index contributed by atoms with van der Waals surface area (Å²) in [4.78, 5) is 31.2. The Morgan fingerprint density at radius 1 is 1.24 bits per heavy atom. The molecule has 0 aliphatic carbocycles. The highest BCUT2D eigenvalue weighted by molar-refractivity contribution is 5.96. The fourth-order valence-corrected chi connectivity index (χ4v) is 4.24. The van der Waals surface area contributed by atoms with Crippen LogP contribution in [0.2, 0.25) is 0 Å². The first-order chi connectivity index (χ1) is 16.0. The third-order valence-corrected chi connectivity index (χ3v) is 6.00. The molecule has 1 saturated heterocycles. The van der Waals surface area contributed by atoms with E-state index in [9.17, 15) is 9.59 Å². The lowest BCUT2D eigenvalue weighted by Crippen LogP contribution is -2.38. The SMILES string of the molecule is Cc1ccc2nc3c(cc(C(=O)NC[C@@H]4CCCO4)c(=N)n3Cc3ccccc3)c(=O)n2c1. The molecule has 8 heteroatoms. The highest BCUT2D eigenvalue weighted by Crippen LogP contribution is 2.14. The summed E-state index contributed by atoms with van der Waals surface area (Å²) in [5, 5.41) is 12.0. The zero-order valence-electron chi connectivity index (χ0n) is 18.4. The van der Waals surface area contributed by atoms with Crippen LogP contribution in [0.1, 0.15) is 34.3 Å². The minimum Gasteiger partial charge on any atom is -0.376 e. The lowest BCUT2D eigenvalue weighted by atomic mass is 10.1. The van der Waals surface area contributed by atoms with Gasteiger partial charge >= 0.3 is 0 Å². The maximum atomic E-state index is 13.4. The number of nitrogens with one attached hydrogen (secondary N) is 2. The van der Waals surface area contributed by atoms with E-state index in [1.54, 1.807) is 16.8 Å². The molecule has 4 aromatic rings. The fraction of sp³-hybridized carbons (Fsp3) is 0.280. The van der Waals surface area contributed by atoms with Crippen molar-refractivity contribution in [2.45, 2.75) is 32.4 Å². The van der Waals surface area contributed by atoms with Crippen LogP contribution in [0.3, 0.4) is 0 Å². The van der Waals surface area contributed by atoms with Crippen molar-refractivity contribution in [3.63, 3.8) is 0 Å². The standard InChI is InChI=1S/C25H25N5O3/c1-16-9-10-21-28-23-20(25(32)29(21)14-16)12-19(24(31)27-13-18-8-5-11-33-18)22(26)30(23)15-17-6-3-2-4-7-17/h2-4,6-7,9-10,12,14,18,26H,5,8,11,13,15H2,1H3,(H,27,31)/t18-/m0/s1. The molecule has 1 atom stereocenters. The smallest absolute Gasteiger partial charge is 0.267 e. The molecule has 5 rings (SSSR count). The van der Waals surface area contributed by atoms with Gasteiger partial charge in [0.15, 0.2) is 0 Å². The fourth-order valence-electron chi connectivity index (χ4n) is 4.24.